The first-order valence-electron chi connectivity index (χ1n) is 10.7. The van der Waals surface area contributed by atoms with Crippen LogP contribution in [0.3, 0.4) is 0 Å². The fourth-order valence-corrected chi connectivity index (χ4v) is 6.37. The average molecular weight is 458 g/mol. The van der Waals surface area contributed by atoms with Gasteiger partial charge in [0.1, 0.15) is 0 Å². The third-order valence-corrected chi connectivity index (χ3v) is 7.87. The molecule has 1 unspecified atom stereocenters. The largest absolute Gasteiger partial charge is 0.237 e. The van der Waals surface area contributed by atoms with Crippen LogP contribution in [0.25, 0.3) is 11.1 Å². The second-order valence-corrected chi connectivity index (χ2v) is 11.0. The summed E-state index contributed by atoms with van der Waals surface area (Å²) in [4.78, 5) is 18.4. The molecule has 6 heteroatoms. The number of hydrogen-bond acceptors (Lipinski definition) is 4. The zero-order valence-electron chi connectivity index (χ0n) is 18.7. The van der Waals surface area contributed by atoms with Gasteiger partial charge in [-0.25, -0.2) is 19.9 Å². The second-order valence-electron chi connectivity index (χ2n) is 8.63. The molecule has 0 aliphatic heterocycles. The van der Waals surface area contributed by atoms with Gasteiger partial charge in [-0.1, -0.05) is 63.2 Å². The molecular formula is C26H28N4P2. The lowest BCUT2D eigenvalue weighted by molar-refractivity contribution is 0.586. The minimum Gasteiger partial charge on any atom is -0.237 e. The van der Waals surface area contributed by atoms with Crippen LogP contribution < -0.4 is 11.1 Å². The van der Waals surface area contributed by atoms with Crippen LogP contribution in [0, 0.1) is 0 Å². The van der Waals surface area contributed by atoms with Crippen LogP contribution in [0.1, 0.15) is 37.5 Å². The minimum atomic E-state index is -0.947. The highest BCUT2D eigenvalue weighted by atomic mass is 31.1. The van der Waals surface area contributed by atoms with Crippen LogP contribution >= 0.6 is 17.2 Å². The summed E-state index contributed by atoms with van der Waals surface area (Å²) in [5, 5.41) is 0. The SMILES string of the molecule is CC(C)(C)c1c(-c2ccccc2)ccc(CP)c1CP(c1ncccn1)c1ncccn1. The van der Waals surface area contributed by atoms with Gasteiger partial charge in [0, 0.05) is 38.9 Å². The number of nitrogens with zero attached hydrogens (tertiary/aromatic N) is 4. The molecule has 0 fully saturated rings. The van der Waals surface area contributed by atoms with Crippen LogP contribution in [0.15, 0.2) is 79.4 Å². The molecule has 1 atom stereocenters. The molecule has 0 N–H and O–H groups in total. The van der Waals surface area contributed by atoms with Gasteiger partial charge >= 0.3 is 0 Å². The highest BCUT2D eigenvalue weighted by Crippen LogP contribution is 2.44. The van der Waals surface area contributed by atoms with Crippen molar-refractivity contribution in [1.82, 2.24) is 19.9 Å². The van der Waals surface area contributed by atoms with E-state index in [9.17, 15) is 0 Å². The molecule has 4 rings (SSSR count). The molecule has 0 bridgehead atoms. The van der Waals surface area contributed by atoms with E-state index in [2.05, 4.69) is 92.4 Å². The zero-order valence-corrected chi connectivity index (χ0v) is 20.8. The third-order valence-electron chi connectivity index (χ3n) is 5.37. The normalized spacial score (nSPS) is 11.7. The molecule has 4 nitrogen and oxygen atoms in total. The zero-order chi connectivity index (χ0) is 22.6. The van der Waals surface area contributed by atoms with Crippen molar-refractivity contribution in [2.75, 3.05) is 0 Å². The molecule has 0 amide bonds. The standard InChI is InChI=1S/C26H28N4P2/c1-26(2,3)23-21(19-9-5-4-6-10-19)12-11-20(17-31)22(23)18-32(24-27-13-7-14-28-24)25-29-15-8-16-30-25/h4-16H,17-18,31H2,1-3H3. The van der Waals surface area contributed by atoms with Crippen molar-refractivity contribution in [2.45, 2.75) is 38.5 Å². The molecule has 162 valence electrons. The van der Waals surface area contributed by atoms with E-state index < -0.39 is 7.92 Å². The lowest BCUT2D eigenvalue weighted by Crippen LogP contribution is -2.25. The summed E-state index contributed by atoms with van der Waals surface area (Å²) < 4.78 is 0. The Morgan fingerprint density at radius 1 is 0.750 bits per heavy atom. The molecule has 0 radical (unpaired) electrons. The van der Waals surface area contributed by atoms with Crippen molar-refractivity contribution in [3.05, 3.63) is 96.1 Å². The van der Waals surface area contributed by atoms with Gasteiger partial charge in [0.15, 0.2) is 11.1 Å². The molecule has 0 saturated heterocycles. The first-order valence-corrected chi connectivity index (χ1v) is 13.1. The van der Waals surface area contributed by atoms with E-state index >= 15 is 0 Å². The Labute approximate surface area is 194 Å². The predicted octanol–water partition coefficient (Wildman–Crippen LogP) is 5.24. The number of aromatic nitrogens is 4. The molecule has 2 aromatic carbocycles. The van der Waals surface area contributed by atoms with Crippen molar-refractivity contribution in [3.8, 4) is 11.1 Å². The lowest BCUT2D eigenvalue weighted by Gasteiger charge is -2.30. The Bertz CT molecular complexity index is 1120. The number of benzene rings is 2. The monoisotopic (exact) mass is 458 g/mol. The van der Waals surface area contributed by atoms with E-state index in [1.165, 1.54) is 27.8 Å². The lowest BCUT2D eigenvalue weighted by atomic mass is 9.78. The van der Waals surface area contributed by atoms with Gasteiger partial charge in [-0.15, -0.1) is 9.24 Å². The topological polar surface area (TPSA) is 51.6 Å². The first-order chi connectivity index (χ1) is 15.5. The fraction of sp³-hybridized carbons (Fsp3) is 0.231. The molecular weight excluding hydrogens is 430 g/mol. The number of hydrogen-bond donors (Lipinski definition) is 0. The highest BCUT2D eigenvalue weighted by Gasteiger charge is 2.28. The van der Waals surface area contributed by atoms with E-state index in [1.54, 1.807) is 0 Å². The molecule has 0 aliphatic rings. The van der Waals surface area contributed by atoms with Crippen molar-refractivity contribution >= 4 is 28.3 Å². The molecule has 0 aliphatic carbocycles. The van der Waals surface area contributed by atoms with Gasteiger partial charge in [0.05, 0.1) is 0 Å². The van der Waals surface area contributed by atoms with Crippen LogP contribution in [-0.2, 0) is 17.7 Å². The van der Waals surface area contributed by atoms with E-state index in [1.807, 2.05) is 36.9 Å². The van der Waals surface area contributed by atoms with E-state index in [-0.39, 0.29) is 5.41 Å². The van der Waals surface area contributed by atoms with Gasteiger partial charge < -0.3 is 0 Å². The third kappa shape index (κ3) is 4.93. The van der Waals surface area contributed by atoms with Crippen LogP contribution in [-0.4, -0.2) is 19.9 Å². The molecule has 32 heavy (non-hydrogen) atoms. The van der Waals surface area contributed by atoms with Gasteiger partial charge in [-0.3, -0.25) is 0 Å². The second kappa shape index (κ2) is 9.94. The summed E-state index contributed by atoms with van der Waals surface area (Å²) >= 11 is 0. The van der Waals surface area contributed by atoms with Crippen molar-refractivity contribution in [3.63, 3.8) is 0 Å². The van der Waals surface area contributed by atoms with Crippen LogP contribution in [0.2, 0.25) is 0 Å². The Hall–Kier alpha value is -2.54. The van der Waals surface area contributed by atoms with Gasteiger partial charge in [0.2, 0.25) is 0 Å². The number of rotatable bonds is 6. The summed E-state index contributed by atoms with van der Waals surface area (Å²) in [6.45, 7) is 6.89. The molecule has 4 aromatic rings. The van der Waals surface area contributed by atoms with Gasteiger partial charge in [-0.05, 0) is 51.5 Å². The maximum absolute atomic E-state index is 4.61. The Kier molecular flexibility index (Phi) is 7.04. The van der Waals surface area contributed by atoms with Gasteiger partial charge in [0.25, 0.3) is 0 Å². The van der Waals surface area contributed by atoms with E-state index in [0.717, 1.165) is 23.5 Å². The Morgan fingerprint density at radius 2 is 1.31 bits per heavy atom. The van der Waals surface area contributed by atoms with Crippen LogP contribution in [0.4, 0.5) is 0 Å². The maximum Gasteiger partial charge on any atom is 0.158 e. The van der Waals surface area contributed by atoms with Crippen molar-refractivity contribution in [1.29, 1.82) is 0 Å². The predicted molar refractivity (Wildman–Crippen MR) is 138 cm³/mol. The smallest absolute Gasteiger partial charge is 0.158 e. The Balaban J connectivity index is 1.93. The molecule has 0 saturated carbocycles. The van der Waals surface area contributed by atoms with E-state index in [4.69, 9.17) is 0 Å². The first kappa shape index (κ1) is 22.6. The summed E-state index contributed by atoms with van der Waals surface area (Å²) in [5.41, 5.74) is 8.19. The van der Waals surface area contributed by atoms with Gasteiger partial charge in [-0.2, -0.15) is 0 Å². The molecule has 2 aromatic heterocycles. The van der Waals surface area contributed by atoms with Crippen molar-refractivity contribution < 1.29 is 0 Å². The highest BCUT2D eigenvalue weighted by molar-refractivity contribution is 7.71. The average Bonchev–Trinajstić information content (AvgIpc) is 2.83. The summed E-state index contributed by atoms with van der Waals surface area (Å²) in [7, 11) is 1.95. The van der Waals surface area contributed by atoms with E-state index in [0.29, 0.717) is 0 Å². The molecule has 0 spiro atoms. The minimum absolute atomic E-state index is 0.0353. The van der Waals surface area contributed by atoms with Crippen molar-refractivity contribution in [2.24, 2.45) is 0 Å². The van der Waals surface area contributed by atoms with Crippen LogP contribution in [0.5, 0.6) is 0 Å². The fourth-order valence-electron chi connectivity index (χ4n) is 4.03. The maximum atomic E-state index is 4.61. The summed E-state index contributed by atoms with van der Waals surface area (Å²) in [5.74, 6) is 0. The molecule has 2 heterocycles. The summed E-state index contributed by atoms with van der Waals surface area (Å²) in [6, 6.07) is 18.9. The summed E-state index contributed by atoms with van der Waals surface area (Å²) in [6.07, 6.45) is 8.93. The quantitative estimate of drug-likeness (QED) is 0.371. The Morgan fingerprint density at radius 3 is 1.81 bits per heavy atom.